The molecule has 3 heterocycles. The summed E-state index contributed by atoms with van der Waals surface area (Å²) < 4.78 is 28.7. The molecule has 8 nitrogen and oxygen atoms in total. The summed E-state index contributed by atoms with van der Waals surface area (Å²) in [5.74, 6) is 0.784. The zero-order valence-corrected chi connectivity index (χ0v) is 15.2. The number of likely N-dealkylation sites (tertiary alicyclic amines) is 1. The molecule has 0 saturated carbocycles. The van der Waals surface area contributed by atoms with Gasteiger partial charge in [0.05, 0.1) is 12.5 Å². The predicted octanol–water partition coefficient (Wildman–Crippen LogP) is 0.612. The van der Waals surface area contributed by atoms with E-state index in [4.69, 9.17) is 0 Å². The molecule has 1 fully saturated rings. The fraction of sp³-hybridized carbons (Fsp3) is 0.500. The first-order valence-corrected chi connectivity index (χ1v) is 10.1. The highest BCUT2D eigenvalue weighted by Gasteiger charge is 2.28. The van der Waals surface area contributed by atoms with Crippen molar-refractivity contribution in [3.05, 3.63) is 36.3 Å². The molecule has 1 aliphatic rings. The van der Waals surface area contributed by atoms with Crippen LogP contribution < -0.4 is 4.72 Å². The zero-order chi connectivity index (χ0) is 18.0. The van der Waals surface area contributed by atoms with E-state index in [0.717, 1.165) is 24.9 Å². The lowest BCUT2D eigenvalue weighted by Gasteiger charge is -2.32. The molecular weight excluding hydrogens is 342 g/mol. The van der Waals surface area contributed by atoms with Crippen molar-refractivity contribution in [3.63, 3.8) is 0 Å². The van der Waals surface area contributed by atoms with Gasteiger partial charge in [0, 0.05) is 39.1 Å². The molecular formula is C16H23N5O3S. The minimum absolute atomic E-state index is 0.0687. The Labute approximate surface area is 147 Å². The molecule has 1 aliphatic heterocycles. The van der Waals surface area contributed by atoms with Crippen molar-refractivity contribution >= 4 is 15.9 Å². The molecule has 25 heavy (non-hydrogen) atoms. The number of aryl methyl sites for hydroxylation is 1. The van der Waals surface area contributed by atoms with Gasteiger partial charge in [-0.2, -0.15) is 5.10 Å². The third-order valence-corrected chi connectivity index (χ3v) is 5.12. The van der Waals surface area contributed by atoms with E-state index >= 15 is 0 Å². The van der Waals surface area contributed by atoms with Gasteiger partial charge in [-0.05, 0) is 30.9 Å². The van der Waals surface area contributed by atoms with Crippen LogP contribution in [0.25, 0.3) is 5.82 Å². The number of nitrogens with zero attached hydrogens (tertiary/aromatic N) is 4. The monoisotopic (exact) mass is 365 g/mol. The lowest BCUT2D eigenvalue weighted by atomic mass is 9.98. The summed E-state index contributed by atoms with van der Waals surface area (Å²) in [6.45, 7) is 1.58. The Balaban J connectivity index is 1.75. The van der Waals surface area contributed by atoms with Gasteiger partial charge >= 0.3 is 0 Å². The molecule has 1 N–H and O–H groups in total. The van der Waals surface area contributed by atoms with Gasteiger partial charge in [0.25, 0.3) is 5.91 Å². The predicted molar refractivity (Wildman–Crippen MR) is 94.0 cm³/mol. The van der Waals surface area contributed by atoms with Crippen LogP contribution in [0.15, 0.2) is 30.7 Å². The summed E-state index contributed by atoms with van der Waals surface area (Å²) in [6, 6.07) is 3.80. The number of sulfonamides is 1. The van der Waals surface area contributed by atoms with E-state index in [9.17, 15) is 13.2 Å². The Morgan fingerprint density at radius 2 is 2.08 bits per heavy atom. The van der Waals surface area contributed by atoms with E-state index < -0.39 is 10.0 Å². The van der Waals surface area contributed by atoms with E-state index in [1.54, 1.807) is 22.8 Å². The number of carbonyl (C=O) groups excluding carboxylic acids is 1. The van der Waals surface area contributed by atoms with Crippen molar-refractivity contribution in [2.75, 3.05) is 25.9 Å². The Bertz CT molecular complexity index is 841. The first-order chi connectivity index (χ1) is 11.8. The molecule has 0 aromatic carbocycles. The molecule has 0 radical (unpaired) electrons. The van der Waals surface area contributed by atoms with Crippen LogP contribution in [0.5, 0.6) is 0 Å². The summed E-state index contributed by atoms with van der Waals surface area (Å²) in [4.78, 5) is 14.8. The SMILES string of the molecule is Cn1ncc(C(=O)N2CCC[C@H](CNS(C)(=O)=O)C2)c1-n1cccc1. The van der Waals surface area contributed by atoms with E-state index in [1.807, 2.05) is 29.1 Å². The number of nitrogens with one attached hydrogen (secondary N) is 1. The Kier molecular flexibility index (Phi) is 4.96. The topological polar surface area (TPSA) is 89.2 Å². The van der Waals surface area contributed by atoms with E-state index in [1.165, 1.54) is 0 Å². The quantitative estimate of drug-likeness (QED) is 0.841. The number of amides is 1. The highest BCUT2D eigenvalue weighted by Crippen LogP contribution is 2.21. The number of carbonyl (C=O) groups is 1. The van der Waals surface area contributed by atoms with Crippen LogP contribution in [0.3, 0.4) is 0 Å². The van der Waals surface area contributed by atoms with Crippen molar-refractivity contribution in [1.82, 2.24) is 24.0 Å². The van der Waals surface area contributed by atoms with Crippen molar-refractivity contribution in [1.29, 1.82) is 0 Å². The van der Waals surface area contributed by atoms with Gasteiger partial charge in [0.15, 0.2) is 0 Å². The average molecular weight is 365 g/mol. The van der Waals surface area contributed by atoms with Gasteiger partial charge < -0.3 is 9.47 Å². The Morgan fingerprint density at radius 1 is 1.36 bits per heavy atom. The summed E-state index contributed by atoms with van der Waals surface area (Å²) in [5.41, 5.74) is 0.551. The van der Waals surface area contributed by atoms with Gasteiger partial charge in [0.2, 0.25) is 10.0 Å². The highest BCUT2D eigenvalue weighted by molar-refractivity contribution is 7.88. The number of hydrogen-bond acceptors (Lipinski definition) is 4. The average Bonchev–Trinajstić information content (AvgIpc) is 3.21. The molecule has 0 bridgehead atoms. The van der Waals surface area contributed by atoms with Crippen molar-refractivity contribution in [2.45, 2.75) is 12.8 Å². The van der Waals surface area contributed by atoms with Crippen LogP contribution in [-0.2, 0) is 17.1 Å². The largest absolute Gasteiger partial charge is 0.338 e. The summed E-state index contributed by atoms with van der Waals surface area (Å²) >= 11 is 0. The maximum Gasteiger partial charge on any atom is 0.259 e. The second kappa shape index (κ2) is 7.01. The van der Waals surface area contributed by atoms with Crippen LogP contribution in [0.4, 0.5) is 0 Å². The lowest BCUT2D eigenvalue weighted by Crippen LogP contribution is -2.43. The number of piperidine rings is 1. The molecule has 1 amide bonds. The van der Waals surface area contributed by atoms with Gasteiger partial charge in [-0.1, -0.05) is 0 Å². The third kappa shape index (κ3) is 4.10. The summed E-state index contributed by atoms with van der Waals surface area (Å²) in [7, 11) is -1.41. The molecule has 0 aliphatic carbocycles. The van der Waals surface area contributed by atoms with Gasteiger partial charge in [0.1, 0.15) is 11.4 Å². The molecule has 9 heteroatoms. The van der Waals surface area contributed by atoms with Crippen LogP contribution >= 0.6 is 0 Å². The van der Waals surface area contributed by atoms with Crippen LogP contribution in [0.2, 0.25) is 0 Å². The molecule has 2 aromatic heterocycles. The molecule has 1 saturated heterocycles. The zero-order valence-electron chi connectivity index (χ0n) is 14.4. The van der Waals surface area contributed by atoms with Crippen LogP contribution in [0.1, 0.15) is 23.2 Å². The minimum Gasteiger partial charge on any atom is -0.338 e. The second-order valence-electron chi connectivity index (χ2n) is 6.48. The molecule has 0 unspecified atom stereocenters. The van der Waals surface area contributed by atoms with E-state index in [0.29, 0.717) is 25.2 Å². The molecule has 2 aromatic rings. The third-order valence-electron chi connectivity index (χ3n) is 4.43. The first-order valence-electron chi connectivity index (χ1n) is 8.24. The van der Waals surface area contributed by atoms with E-state index in [-0.39, 0.29) is 11.8 Å². The maximum absolute atomic E-state index is 13.0. The molecule has 3 rings (SSSR count). The van der Waals surface area contributed by atoms with Crippen molar-refractivity contribution < 1.29 is 13.2 Å². The summed E-state index contributed by atoms with van der Waals surface area (Å²) in [5, 5.41) is 4.23. The van der Waals surface area contributed by atoms with Gasteiger partial charge in [-0.15, -0.1) is 0 Å². The molecule has 136 valence electrons. The number of rotatable bonds is 5. The van der Waals surface area contributed by atoms with E-state index in [2.05, 4.69) is 9.82 Å². The van der Waals surface area contributed by atoms with Gasteiger partial charge in [-0.3, -0.25) is 9.48 Å². The van der Waals surface area contributed by atoms with Crippen LogP contribution in [0, 0.1) is 5.92 Å². The number of aromatic nitrogens is 3. The second-order valence-corrected chi connectivity index (χ2v) is 8.31. The van der Waals surface area contributed by atoms with Crippen molar-refractivity contribution in [3.8, 4) is 5.82 Å². The molecule has 0 spiro atoms. The minimum atomic E-state index is -3.22. The smallest absolute Gasteiger partial charge is 0.259 e. The Morgan fingerprint density at radius 3 is 2.76 bits per heavy atom. The maximum atomic E-state index is 13.0. The normalized spacial score (nSPS) is 18.5. The highest BCUT2D eigenvalue weighted by atomic mass is 32.2. The molecule has 1 atom stereocenters. The number of hydrogen-bond donors (Lipinski definition) is 1. The van der Waals surface area contributed by atoms with Gasteiger partial charge in [-0.25, -0.2) is 13.1 Å². The summed E-state index contributed by atoms with van der Waals surface area (Å²) in [6.07, 6.45) is 8.27. The fourth-order valence-electron chi connectivity index (χ4n) is 3.22. The van der Waals surface area contributed by atoms with Crippen LogP contribution in [-0.4, -0.2) is 59.5 Å². The first kappa shape index (κ1) is 17.7. The fourth-order valence-corrected chi connectivity index (χ4v) is 3.76. The van der Waals surface area contributed by atoms with Crippen molar-refractivity contribution in [2.24, 2.45) is 13.0 Å². The standard InChI is InChI=1S/C16H23N5O3S/c1-19-15(20-7-3-4-8-20)14(11-17-19)16(22)21-9-5-6-13(12-21)10-18-25(2,23)24/h3-4,7-8,11,13,18H,5-6,9-10,12H2,1-2H3/t13-/m1/s1. The Hall–Kier alpha value is -2.13. The lowest BCUT2D eigenvalue weighted by molar-refractivity contribution is 0.0676.